The molecule has 0 aliphatic carbocycles. The van der Waals surface area contributed by atoms with Crippen molar-refractivity contribution in [3.8, 4) is 0 Å². The second-order valence-corrected chi connectivity index (χ2v) is 6.79. The zero-order chi connectivity index (χ0) is 13.2. The second-order valence-electron chi connectivity index (χ2n) is 4.53. The number of hydrogen-bond donors (Lipinski definition) is 1. The molecule has 0 radical (unpaired) electrons. The summed E-state index contributed by atoms with van der Waals surface area (Å²) in [5.41, 5.74) is 2.51. The Hall–Kier alpha value is -0.640. The topological polar surface area (TPSA) is 12.0 Å². The van der Waals surface area contributed by atoms with Gasteiger partial charge in [0, 0.05) is 28.8 Å². The lowest BCUT2D eigenvalue weighted by atomic mass is 10.0. The Kier molecular flexibility index (Phi) is 4.06. The molecule has 19 heavy (non-hydrogen) atoms. The lowest BCUT2D eigenvalue weighted by Gasteiger charge is -2.14. The minimum absolute atomic E-state index is 0.562. The van der Waals surface area contributed by atoms with E-state index in [0.29, 0.717) is 5.92 Å². The van der Waals surface area contributed by atoms with E-state index in [-0.39, 0.29) is 0 Å². The maximum absolute atomic E-state index is 6.10. The Morgan fingerprint density at radius 2 is 2.05 bits per heavy atom. The molecule has 1 unspecified atom stereocenters. The third-order valence-electron chi connectivity index (χ3n) is 3.29. The lowest BCUT2D eigenvalue weighted by Crippen LogP contribution is -2.12. The van der Waals surface area contributed by atoms with E-state index in [0.717, 1.165) is 27.5 Å². The van der Waals surface area contributed by atoms with Gasteiger partial charge in [-0.05, 0) is 39.7 Å². The van der Waals surface area contributed by atoms with Crippen molar-refractivity contribution in [1.82, 2.24) is 0 Å². The number of anilines is 1. The van der Waals surface area contributed by atoms with Crippen molar-refractivity contribution in [3.05, 3.63) is 57.5 Å². The second kappa shape index (κ2) is 5.78. The fourth-order valence-electron chi connectivity index (χ4n) is 2.27. The quantitative estimate of drug-likeness (QED) is 0.791. The van der Waals surface area contributed by atoms with Gasteiger partial charge in [-0.3, -0.25) is 0 Å². The first-order valence-electron chi connectivity index (χ1n) is 6.15. The van der Waals surface area contributed by atoms with E-state index in [1.165, 1.54) is 10.5 Å². The molecule has 0 fully saturated rings. The Labute approximate surface area is 130 Å². The first-order chi connectivity index (χ1) is 9.25. The third kappa shape index (κ3) is 2.78. The van der Waals surface area contributed by atoms with Crippen molar-refractivity contribution in [2.75, 3.05) is 17.6 Å². The van der Waals surface area contributed by atoms with Crippen LogP contribution in [0.4, 0.5) is 5.69 Å². The molecule has 2 aromatic rings. The molecule has 0 saturated heterocycles. The number of rotatable bonds is 3. The van der Waals surface area contributed by atoms with Gasteiger partial charge in [0.2, 0.25) is 0 Å². The van der Waals surface area contributed by atoms with Crippen LogP contribution in [0.2, 0.25) is 5.02 Å². The fraction of sp³-hybridized carbons (Fsp3) is 0.200. The van der Waals surface area contributed by atoms with Crippen LogP contribution in [0, 0.1) is 0 Å². The van der Waals surface area contributed by atoms with E-state index in [1.54, 1.807) is 0 Å². The van der Waals surface area contributed by atoms with Crippen LogP contribution in [0.1, 0.15) is 11.5 Å². The normalized spacial score (nSPS) is 17.3. The Bertz CT molecular complexity index is 602. The van der Waals surface area contributed by atoms with Crippen molar-refractivity contribution in [2.45, 2.75) is 10.8 Å². The molecule has 0 aromatic heterocycles. The highest BCUT2D eigenvalue weighted by molar-refractivity contribution is 9.10. The summed E-state index contributed by atoms with van der Waals surface area (Å²) in [6.07, 6.45) is 0. The van der Waals surface area contributed by atoms with Crippen LogP contribution in [0.5, 0.6) is 0 Å². The van der Waals surface area contributed by atoms with E-state index in [2.05, 4.69) is 45.5 Å². The van der Waals surface area contributed by atoms with Gasteiger partial charge in [-0.15, -0.1) is 11.8 Å². The van der Waals surface area contributed by atoms with Crippen molar-refractivity contribution >= 4 is 45.0 Å². The van der Waals surface area contributed by atoms with Gasteiger partial charge in [0.05, 0.1) is 9.50 Å². The van der Waals surface area contributed by atoms with Crippen molar-refractivity contribution in [1.29, 1.82) is 0 Å². The Balaban J connectivity index is 1.73. The molecular weight excluding hydrogens is 342 g/mol. The molecule has 1 N–H and O–H groups in total. The van der Waals surface area contributed by atoms with E-state index < -0.39 is 0 Å². The van der Waals surface area contributed by atoms with Crippen LogP contribution in [-0.4, -0.2) is 12.3 Å². The number of benzene rings is 2. The SMILES string of the molecule is Clc1cccc(NCC2CSc3ccccc32)c1Br. The zero-order valence-corrected chi connectivity index (χ0v) is 13.4. The summed E-state index contributed by atoms with van der Waals surface area (Å²) in [5, 5.41) is 4.23. The summed E-state index contributed by atoms with van der Waals surface area (Å²) in [6, 6.07) is 14.6. The van der Waals surface area contributed by atoms with Crippen LogP contribution in [0.3, 0.4) is 0 Å². The first-order valence-corrected chi connectivity index (χ1v) is 8.31. The molecule has 1 aliphatic heterocycles. The molecular formula is C15H13BrClNS. The van der Waals surface area contributed by atoms with Crippen LogP contribution in [0.15, 0.2) is 51.8 Å². The zero-order valence-electron chi connectivity index (χ0n) is 10.2. The van der Waals surface area contributed by atoms with E-state index >= 15 is 0 Å². The largest absolute Gasteiger partial charge is 0.383 e. The highest BCUT2D eigenvalue weighted by atomic mass is 79.9. The minimum atomic E-state index is 0.562. The van der Waals surface area contributed by atoms with Crippen LogP contribution in [0.25, 0.3) is 0 Å². The van der Waals surface area contributed by atoms with Gasteiger partial charge in [0.25, 0.3) is 0 Å². The molecule has 4 heteroatoms. The summed E-state index contributed by atoms with van der Waals surface area (Å²) < 4.78 is 0.940. The Morgan fingerprint density at radius 3 is 2.95 bits per heavy atom. The van der Waals surface area contributed by atoms with Gasteiger partial charge >= 0.3 is 0 Å². The number of thioether (sulfide) groups is 1. The number of hydrogen-bond acceptors (Lipinski definition) is 2. The summed E-state index contributed by atoms with van der Waals surface area (Å²) in [4.78, 5) is 1.42. The van der Waals surface area contributed by atoms with Crippen LogP contribution >= 0.6 is 39.3 Å². The molecule has 0 amide bonds. The summed E-state index contributed by atoms with van der Waals surface area (Å²) >= 11 is 11.6. The van der Waals surface area contributed by atoms with Gasteiger partial charge in [-0.1, -0.05) is 35.9 Å². The monoisotopic (exact) mass is 353 g/mol. The molecule has 1 atom stereocenters. The van der Waals surface area contributed by atoms with Crippen molar-refractivity contribution in [2.24, 2.45) is 0 Å². The average molecular weight is 355 g/mol. The number of nitrogens with one attached hydrogen (secondary N) is 1. The van der Waals surface area contributed by atoms with Crippen molar-refractivity contribution < 1.29 is 0 Å². The number of fused-ring (bicyclic) bond motifs is 1. The Morgan fingerprint density at radius 1 is 1.21 bits per heavy atom. The third-order valence-corrected chi connectivity index (χ3v) is 5.94. The molecule has 1 heterocycles. The summed E-state index contributed by atoms with van der Waals surface area (Å²) in [6.45, 7) is 0.933. The smallest absolute Gasteiger partial charge is 0.0593 e. The summed E-state index contributed by atoms with van der Waals surface area (Å²) in [7, 11) is 0. The predicted octanol–water partition coefficient (Wildman–Crippen LogP) is 5.40. The maximum atomic E-state index is 6.10. The molecule has 3 rings (SSSR count). The van der Waals surface area contributed by atoms with E-state index in [1.807, 2.05) is 30.0 Å². The minimum Gasteiger partial charge on any atom is -0.383 e. The van der Waals surface area contributed by atoms with Gasteiger partial charge in [0.15, 0.2) is 0 Å². The predicted molar refractivity (Wildman–Crippen MR) is 87.5 cm³/mol. The van der Waals surface area contributed by atoms with Gasteiger partial charge in [-0.2, -0.15) is 0 Å². The maximum Gasteiger partial charge on any atom is 0.0593 e. The fourth-order valence-corrected chi connectivity index (χ4v) is 4.11. The molecule has 0 saturated carbocycles. The lowest BCUT2D eigenvalue weighted by molar-refractivity contribution is 0.818. The van der Waals surface area contributed by atoms with Crippen LogP contribution in [-0.2, 0) is 0 Å². The standard InChI is InChI=1S/C15H13BrClNS/c16-15-12(17)5-3-6-13(15)18-8-10-9-19-14-7-2-1-4-11(10)14/h1-7,10,18H,8-9H2. The van der Waals surface area contributed by atoms with E-state index in [9.17, 15) is 0 Å². The van der Waals surface area contributed by atoms with Gasteiger partial charge in [0.1, 0.15) is 0 Å². The molecule has 98 valence electrons. The number of halogens is 2. The summed E-state index contributed by atoms with van der Waals surface area (Å²) in [5.74, 6) is 1.71. The highest BCUT2D eigenvalue weighted by Gasteiger charge is 2.22. The van der Waals surface area contributed by atoms with E-state index in [4.69, 9.17) is 11.6 Å². The van der Waals surface area contributed by atoms with Gasteiger partial charge < -0.3 is 5.32 Å². The first kappa shape index (κ1) is 13.3. The van der Waals surface area contributed by atoms with Gasteiger partial charge in [-0.25, -0.2) is 0 Å². The molecule has 2 aromatic carbocycles. The van der Waals surface area contributed by atoms with Crippen LogP contribution < -0.4 is 5.32 Å². The molecule has 0 spiro atoms. The average Bonchev–Trinajstić information content (AvgIpc) is 2.84. The van der Waals surface area contributed by atoms with Crippen molar-refractivity contribution in [3.63, 3.8) is 0 Å². The molecule has 1 nitrogen and oxygen atoms in total. The highest BCUT2D eigenvalue weighted by Crippen LogP contribution is 2.39. The molecule has 0 bridgehead atoms. The molecule has 1 aliphatic rings.